The van der Waals surface area contributed by atoms with Crippen LogP contribution in [0.4, 0.5) is 0 Å². The van der Waals surface area contributed by atoms with Gasteiger partial charge in [0.25, 0.3) is 0 Å². The Morgan fingerprint density at radius 3 is 2.22 bits per heavy atom. The molecule has 0 saturated heterocycles. The molecule has 0 heterocycles. The summed E-state index contributed by atoms with van der Waals surface area (Å²) in [4.78, 5) is 22.4. The predicted octanol–water partition coefficient (Wildman–Crippen LogP) is 1.88. The fourth-order valence-corrected chi connectivity index (χ4v) is 2.98. The maximum Gasteiger partial charge on any atom is 0.333 e. The van der Waals surface area contributed by atoms with Gasteiger partial charge in [-0.25, -0.2) is 4.79 Å². The van der Waals surface area contributed by atoms with Gasteiger partial charge in [0, 0.05) is 5.57 Å². The van der Waals surface area contributed by atoms with Gasteiger partial charge in [0.15, 0.2) is 5.78 Å². The van der Waals surface area contributed by atoms with E-state index in [1.807, 2.05) is 0 Å². The molecule has 0 aromatic heterocycles. The molecule has 0 spiro atoms. The zero-order chi connectivity index (χ0) is 13.3. The summed E-state index contributed by atoms with van der Waals surface area (Å²) < 4.78 is 11.0. The lowest BCUT2D eigenvalue weighted by Crippen LogP contribution is -2.31. The fraction of sp³-hybridized carbons (Fsp3) is 0.714. The minimum Gasteiger partial charge on any atom is -0.459 e. The van der Waals surface area contributed by atoms with Gasteiger partial charge in [-0.3, -0.25) is 4.79 Å². The second kappa shape index (κ2) is 5.22. The number of hydrogen-bond acceptors (Lipinski definition) is 4. The number of ether oxygens (including phenoxy) is 2. The van der Waals surface area contributed by atoms with Gasteiger partial charge < -0.3 is 9.47 Å². The molecule has 0 aliphatic heterocycles. The van der Waals surface area contributed by atoms with Crippen molar-refractivity contribution >= 4 is 11.8 Å². The van der Waals surface area contributed by atoms with Crippen LogP contribution in [-0.2, 0) is 19.1 Å². The molecule has 2 rings (SSSR count). The zero-order valence-electron chi connectivity index (χ0n) is 11.0. The van der Waals surface area contributed by atoms with E-state index < -0.39 is 0 Å². The van der Waals surface area contributed by atoms with Crippen LogP contribution in [0.3, 0.4) is 0 Å². The first kappa shape index (κ1) is 13.3. The van der Waals surface area contributed by atoms with Gasteiger partial charge in [-0.1, -0.05) is 6.58 Å². The minimum atomic E-state index is -0.297. The zero-order valence-corrected chi connectivity index (χ0v) is 11.0. The third kappa shape index (κ3) is 2.80. The molecule has 0 N–H and O–H groups in total. The predicted molar refractivity (Wildman–Crippen MR) is 65.9 cm³/mol. The van der Waals surface area contributed by atoms with Gasteiger partial charge in [0.2, 0.25) is 0 Å². The van der Waals surface area contributed by atoms with E-state index in [-0.39, 0.29) is 30.6 Å². The van der Waals surface area contributed by atoms with Gasteiger partial charge in [-0.15, -0.1) is 0 Å². The molecule has 2 bridgehead atoms. The normalized spacial score (nSPS) is 33.4. The summed E-state index contributed by atoms with van der Waals surface area (Å²) in [6.45, 7) is 6.98. The molecule has 100 valence electrons. The summed E-state index contributed by atoms with van der Waals surface area (Å²) in [5, 5.41) is 0. The maximum atomic E-state index is 11.5. The highest BCUT2D eigenvalue weighted by atomic mass is 16.5. The molecule has 4 unspecified atom stereocenters. The monoisotopic (exact) mass is 252 g/mol. The Morgan fingerprint density at radius 2 is 1.72 bits per heavy atom. The Bertz CT molecular complexity index is 374. The molecule has 2 fully saturated rings. The molecule has 2 aliphatic carbocycles. The highest BCUT2D eigenvalue weighted by Gasteiger charge is 2.48. The summed E-state index contributed by atoms with van der Waals surface area (Å²) in [7, 11) is 0. The number of esters is 1. The highest BCUT2D eigenvalue weighted by Crippen LogP contribution is 2.47. The van der Waals surface area contributed by atoms with Crippen LogP contribution in [0.2, 0.25) is 0 Å². The lowest BCUT2D eigenvalue weighted by Gasteiger charge is -2.27. The van der Waals surface area contributed by atoms with Crippen molar-refractivity contribution in [3.63, 3.8) is 0 Å². The molecule has 4 heteroatoms. The third-order valence-electron chi connectivity index (χ3n) is 3.83. The van der Waals surface area contributed by atoms with E-state index in [2.05, 4.69) is 6.58 Å². The van der Waals surface area contributed by atoms with Crippen molar-refractivity contribution < 1.29 is 19.1 Å². The lowest BCUT2D eigenvalue weighted by atomic mass is 9.95. The first-order chi connectivity index (χ1) is 8.47. The van der Waals surface area contributed by atoms with Crippen LogP contribution in [0.5, 0.6) is 0 Å². The van der Waals surface area contributed by atoms with Gasteiger partial charge in [0.05, 0.1) is 6.10 Å². The van der Waals surface area contributed by atoms with Crippen molar-refractivity contribution in [3.8, 4) is 0 Å². The summed E-state index contributed by atoms with van der Waals surface area (Å²) in [5.74, 6) is 0.573. The first-order valence-corrected chi connectivity index (χ1v) is 6.45. The molecule has 0 aromatic rings. The third-order valence-corrected chi connectivity index (χ3v) is 3.83. The number of hydrogen-bond donors (Lipinski definition) is 0. The average molecular weight is 252 g/mol. The molecule has 2 saturated carbocycles. The Morgan fingerprint density at radius 1 is 1.11 bits per heavy atom. The summed E-state index contributed by atoms with van der Waals surface area (Å²) in [6, 6.07) is 0. The van der Waals surface area contributed by atoms with Crippen LogP contribution in [0.25, 0.3) is 0 Å². The van der Waals surface area contributed by atoms with Gasteiger partial charge in [-0.2, -0.15) is 0 Å². The molecule has 18 heavy (non-hydrogen) atoms. The second-order valence-corrected chi connectivity index (χ2v) is 5.50. The van der Waals surface area contributed by atoms with Crippen molar-refractivity contribution in [3.05, 3.63) is 12.2 Å². The van der Waals surface area contributed by atoms with Crippen molar-refractivity contribution in [2.75, 3.05) is 6.61 Å². The Labute approximate surface area is 107 Å². The minimum absolute atomic E-state index is 0.0105. The molecule has 2 aliphatic rings. The molecular formula is C14H20O4. The average Bonchev–Trinajstić information content (AvgIpc) is 2.85. The number of ketones is 1. The summed E-state index contributed by atoms with van der Waals surface area (Å²) in [6.07, 6.45) is 2.96. The lowest BCUT2D eigenvalue weighted by molar-refractivity contribution is -0.148. The largest absolute Gasteiger partial charge is 0.459 e. The van der Waals surface area contributed by atoms with E-state index in [0.29, 0.717) is 17.4 Å². The Balaban J connectivity index is 1.82. The van der Waals surface area contributed by atoms with Crippen molar-refractivity contribution in [2.24, 2.45) is 11.8 Å². The van der Waals surface area contributed by atoms with Gasteiger partial charge in [0.1, 0.15) is 12.7 Å². The van der Waals surface area contributed by atoms with Crippen LogP contribution in [-0.4, -0.2) is 30.6 Å². The quantitative estimate of drug-likeness (QED) is 0.554. The van der Waals surface area contributed by atoms with Crippen LogP contribution >= 0.6 is 0 Å². The number of Topliss-reactive ketones (excluding diaryl/α,β-unsaturated/α-hetero) is 1. The maximum absolute atomic E-state index is 11.5. The Hall–Kier alpha value is -1.16. The molecule has 4 nitrogen and oxygen atoms in total. The fourth-order valence-electron chi connectivity index (χ4n) is 2.98. The molecule has 4 atom stereocenters. The highest BCUT2D eigenvalue weighted by molar-refractivity contribution is 5.87. The van der Waals surface area contributed by atoms with Crippen molar-refractivity contribution in [1.82, 2.24) is 0 Å². The van der Waals surface area contributed by atoms with E-state index in [1.165, 1.54) is 6.92 Å². The van der Waals surface area contributed by atoms with Gasteiger partial charge in [-0.05, 0) is 44.9 Å². The molecule has 0 amide bonds. The SMILES string of the molecule is C=C(C)C(=O)OC1CC2CC1CC2OCC(C)=O. The molecular weight excluding hydrogens is 232 g/mol. The van der Waals surface area contributed by atoms with Crippen LogP contribution in [0, 0.1) is 11.8 Å². The van der Waals surface area contributed by atoms with Crippen molar-refractivity contribution in [2.45, 2.75) is 45.3 Å². The van der Waals surface area contributed by atoms with E-state index in [9.17, 15) is 9.59 Å². The smallest absolute Gasteiger partial charge is 0.333 e. The molecule has 0 aromatic carbocycles. The first-order valence-electron chi connectivity index (χ1n) is 6.45. The summed E-state index contributed by atoms with van der Waals surface area (Å²) in [5.41, 5.74) is 0.446. The second-order valence-electron chi connectivity index (χ2n) is 5.50. The Kier molecular flexibility index (Phi) is 3.85. The van der Waals surface area contributed by atoms with E-state index >= 15 is 0 Å². The van der Waals surface area contributed by atoms with Crippen LogP contribution in [0.1, 0.15) is 33.1 Å². The number of carbonyl (C=O) groups excluding carboxylic acids is 2. The summed E-state index contributed by atoms with van der Waals surface area (Å²) >= 11 is 0. The van der Waals surface area contributed by atoms with E-state index in [0.717, 1.165) is 19.3 Å². The van der Waals surface area contributed by atoms with E-state index in [1.54, 1.807) is 6.92 Å². The number of fused-ring (bicyclic) bond motifs is 2. The number of carbonyl (C=O) groups is 2. The number of rotatable bonds is 5. The van der Waals surface area contributed by atoms with Gasteiger partial charge >= 0.3 is 5.97 Å². The van der Waals surface area contributed by atoms with E-state index in [4.69, 9.17) is 9.47 Å². The van der Waals surface area contributed by atoms with Crippen molar-refractivity contribution in [1.29, 1.82) is 0 Å². The van der Waals surface area contributed by atoms with Crippen LogP contribution in [0.15, 0.2) is 12.2 Å². The topological polar surface area (TPSA) is 52.6 Å². The van der Waals surface area contributed by atoms with Crippen LogP contribution < -0.4 is 0 Å². The standard InChI is InChI=1S/C14H20O4/c1-8(2)14(16)18-13-6-10-4-11(13)5-12(10)17-7-9(3)15/h10-13H,1,4-7H2,2-3H3. The molecule has 0 radical (unpaired) electrons.